The molecule has 0 spiro atoms. The second-order valence-electron chi connectivity index (χ2n) is 5.71. The number of hydrogen-bond donors (Lipinski definition) is 2. The summed E-state index contributed by atoms with van der Waals surface area (Å²) >= 11 is 1.29. The van der Waals surface area contributed by atoms with E-state index in [4.69, 9.17) is 0 Å². The lowest BCUT2D eigenvalue weighted by Gasteiger charge is -2.32. The van der Waals surface area contributed by atoms with Crippen LogP contribution in [0.4, 0.5) is 9.93 Å². The summed E-state index contributed by atoms with van der Waals surface area (Å²) < 4.78 is 1.81. The first kappa shape index (κ1) is 14.9. The van der Waals surface area contributed by atoms with Gasteiger partial charge in [-0.15, -0.1) is 10.2 Å². The third-order valence-electron chi connectivity index (χ3n) is 4.31. The number of carbonyl (C=O) groups is 1. The van der Waals surface area contributed by atoms with Gasteiger partial charge in [-0.25, -0.2) is 9.59 Å². The molecule has 3 heterocycles. The average Bonchev–Trinajstić information content (AvgIpc) is 3.21. The fourth-order valence-electron chi connectivity index (χ4n) is 3.16. The van der Waals surface area contributed by atoms with E-state index in [0.29, 0.717) is 18.2 Å². The highest BCUT2D eigenvalue weighted by Crippen LogP contribution is 2.25. The van der Waals surface area contributed by atoms with E-state index in [1.165, 1.54) is 11.3 Å². The quantitative estimate of drug-likeness (QED) is 0.744. The van der Waals surface area contributed by atoms with Crippen molar-refractivity contribution in [3.05, 3.63) is 40.3 Å². The summed E-state index contributed by atoms with van der Waals surface area (Å²) in [6, 6.07) is 7.61. The zero-order valence-corrected chi connectivity index (χ0v) is 13.6. The van der Waals surface area contributed by atoms with Crippen molar-refractivity contribution in [1.82, 2.24) is 24.6 Å². The van der Waals surface area contributed by atoms with Gasteiger partial charge in [0.05, 0.1) is 11.0 Å². The van der Waals surface area contributed by atoms with Crippen LogP contribution in [0.3, 0.4) is 0 Å². The van der Waals surface area contributed by atoms with Crippen LogP contribution in [0, 0.1) is 0 Å². The zero-order valence-electron chi connectivity index (χ0n) is 12.8. The molecular formula is C15H16N6O2S. The van der Waals surface area contributed by atoms with Gasteiger partial charge in [-0.3, -0.25) is 9.88 Å². The number of aromatic amines is 1. The molecule has 24 heavy (non-hydrogen) atoms. The van der Waals surface area contributed by atoms with Gasteiger partial charge in [0.25, 0.3) is 0 Å². The molecule has 0 atom stereocenters. The number of fused-ring (bicyclic) bond motifs is 1. The van der Waals surface area contributed by atoms with Gasteiger partial charge in [-0.05, 0) is 25.0 Å². The van der Waals surface area contributed by atoms with Crippen molar-refractivity contribution in [2.75, 3.05) is 18.4 Å². The number of urea groups is 1. The number of rotatable bonds is 2. The highest BCUT2D eigenvalue weighted by molar-refractivity contribution is 7.13. The molecule has 1 aliphatic heterocycles. The van der Waals surface area contributed by atoms with Crippen molar-refractivity contribution in [1.29, 1.82) is 0 Å². The second kappa shape index (κ2) is 6.08. The van der Waals surface area contributed by atoms with Crippen LogP contribution in [-0.2, 0) is 0 Å². The number of piperidine rings is 1. The minimum Gasteiger partial charge on any atom is -0.324 e. The summed E-state index contributed by atoms with van der Waals surface area (Å²) in [4.78, 5) is 29.1. The van der Waals surface area contributed by atoms with Gasteiger partial charge in [0, 0.05) is 19.1 Å². The molecule has 1 aromatic carbocycles. The Kier molecular flexibility index (Phi) is 3.77. The Morgan fingerprint density at radius 1 is 1.29 bits per heavy atom. The largest absolute Gasteiger partial charge is 0.326 e. The molecule has 1 saturated heterocycles. The van der Waals surface area contributed by atoms with E-state index in [1.807, 2.05) is 28.8 Å². The molecule has 1 fully saturated rings. The minimum absolute atomic E-state index is 0.0899. The minimum atomic E-state index is -0.170. The maximum Gasteiger partial charge on any atom is 0.326 e. The van der Waals surface area contributed by atoms with Crippen LogP contribution < -0.4 is 11.0 Å². The van der Waals surface area contributed by atoms with Crippen molar-refractivity contribution in [3.63, 3.8) is 0 Å². The number of H-pyrrole nitrogens is 1. The number of amides is 2. The Balaban J connectivity index is 1.47. The molecule has 1 aliphatic rings. The number of likely N-dealkylation sites (tertiary alicyclic amines) is 1. The number of carbonyl (C=O) groups excluding carboxylic acids is 1. The van der Waals surface area contributed by atoms with E-state index in [-0.39, 0.29) is 17.8 Å². The predicted octanol–water partition coefficient (Wildman–Crippen LogP) is 2.05. The maximum atomic E-state index is 12.3. The Morgan fingerprint density at radius 2 is 2.08 bits per heavy atom. The molecule has 0 bridgehead atoms. The topological polar surface area (TPSA) is 95.9 Å². The first-order valence-electron chi connectivity index (χ1n) is 7.74. The van der Waals surface area contributed by atoms with E-state index < -0.39 is 0 Å². The summed E-state index contributed by atoms with van der Waals surface area (Å²) in [6.45, 7) is 1.20. The van der Waals surface area contributed by atoms with Crippen LogP contribution in [0.15, 0.2) is 34.6 Å². The zero-order chi connectivity index (χ0) is 16.5. The summed E-state index contributed by atoms with van der Waals surface area (Å²) in [5.41, 5.74) is 3.25. The molecular weight excluding hydrogens is 328 g/mol. The van der Waals surface area contributed by atoms with E-state index >= 15 is 0 Å². The fourth-order valence-corrected chi connectivity index (χ4v) is 3.60. The standard InChI is InChI=1S/C15H16N6O2S/c22-14(18-13-19-16-9-24-13)20-7-5-10(6-8-20)21-12-4-2-1-3-11(12)17-15(21)23/h1-4,9-10H,5-8H2,(H,17,23)(H,18,19,22). The Bertz CT molecular complexity index is 908. The predicted molar refractivity (Wildman–Crippen MR) is 91.3 cm³/mol. The summed E-state index contributed by atoms with van der Waals surface area (Å²) in [5.74, 6) is 0. The summed E-state index contributed by atoms with van der Waals surface area (Å²) in [6.07, 6.45) is 1.48. The fraction of sp³-hybridized carbons (Fsp3) is 0.333. The Hall–Kier alpha value is -2.68. The molecule has 2 aromatic heterocycles. The highest BCUT2D eigenvalue weighted by atomic mass is 32.1. The Labute approximate surface area is 141 Å². The van der Waals surface area contributed by atoms with Crippen LogP contribution >= 0.6 is 11.3 Å². The summed E-state index contributed by atoms with van der Waals surface area (Å²) in [7, 11) is 0. The van der Waals surface area contributed by atoms with Crippen molar-refractivity contribution in [3.8, 4) is 0 Å². The second-order valence-corrected chi connectivity index (χ2v) is 6.54. The molecule has 0 saturated carbocycles. The van der Waals surface area contributed by atoms with Gasteiger partial charge in [0.15, 0.2) is 0 Å². The van der Waals surface area contributed by atoms with E-state index in [9.17, 15) is 9.59 Å². The van der Waals surface area contributed by atoms with Crippen molar-refractivity contribution in [2.45, 2.75) is 18.9 Å². The molecule has 8 nitrogen and oxygen atoms in total. The van der Waals surface area contributed by atoms with Gasteiger partial charge in [-0.1, -0.05) is 23.5 Å². The van der Waals surface area contributed by atoms with E-state index in [0.717, 1.165) is 23.9 Å². The number of hydrogen-bond acceptors (Lipinski definition) is 5. The van der Waals surface area contributed by atoms with E-state index in [1.54, 1.807) is 10.4 Å². The van der Waals surface area contributed by atoms with Crippen LogP contribution in [0.25, 0.3) is 11.0 Å². The number of nitrogens with one attached hydrogen (secondary N) is 2. The van der Waals surface area contributed by atoms with Crippen molar-refractivity contribution in [2.24, 2.45) is 0 Å². The molecule has 3 aromatic rings. The molecule has 2 N–H and O–H groups in total. The van der Waals surface area contributed by atoms with Gasteiger partial charge in [-0.2, -0.15) is 0 Å². The molecule has 0 aliphatic carbocycles. The van der Waals surface area contributed by atoms with Crippen LogP contribution in [0.5, 0.6) is 0 Å². The first-order valence-corrected chi connectivity index (χ1v) is 8.61. The van der Waals surface area contributed by atoms with Crippen molar-refractivity contribution >= 4 is 33.5 Å². The third kappa shape index (κ3) is 2.67. The van der Waals surface area contributed by atoms with Gasteiger partial charge >= 0.3 is 11.7 Å². The number of aromatic nitrogens is 4. The third-order valence-corrected chi connectivity index (χ3v) is 4.92. The maximum absolute atomic E-state index is 12.3. The normalized spacial score (nSPS) is 15.8. The summed E-state index contributed by atoms with van der Waals surface area (Å²) in [5, 5.41) is 10.7. The lowest BCUT2D eigenvalue weighted by molar-refractivity contribution is 0.184. The molecule has 4 rings (SSSR count). The molecule has 0 unspecified atom stereocenters. The van der Waals surface area contributed by atoms with Crippen LogP contribution in [0.2, 0.25) is 0 Å². The van der Waals surface area contributed by atoms with Crippen molar-refractivity contribution < 1.29 is 4.79 Å². The number of imidazole rings is 1. The van der Waals surface area contributed by atoms with Crippen LogP contribution in [0.1, 0.15) is 18.9 Å². The average molecular weight is 344 g/mol. The smallest absolute Gasteiger partial charge is 0.324 e. The number of benzene rings is 1. The molecule has 0 radical (unpaired) electrons. The molecule has 9 heteroatoms. The monoisotopic (exact) mass is 344 g/mol. The number of nitrogens with zero attached hydrogens (tertiary/aromatic N) is 4. The number of anilines is 1. The first-order chi connectivity index (χ1) is 11.7. The van der Waals surface area contributed by atoms with Gasteiger partial charge in [0.2, 0.25) is 5.13 Å². The lowest BCUT2D eigenvalue weighted by atomic mass is 10.0. The van der Waals surface area contributed by atoms with E-state index in [2.05, 4.69) is 20.5 Å². The highest BCUT2D eigenvalue weighted by Gasteiger charge is 2.26. The number of para-hydroxylation sites is 2. The Morgan fingerprint density at radius 3 is 2.83 bits per heavy atom. The van der Waals surface area contributed by atoms with Gasteiger partial charge < -0.3 is 9.88 Å². The van der Waals surface area contributed by atoms with Gasteiger partial charge in [0.1, 0.15) is 5.51 Å². The molecule has 124 valence electrons. The molecule has 2 amide bonds. The SMILES string of the molecule is O=C(Nc1nncs1)N1CCC(n2c(=O)[nH]c3ccccc32)CC1. The lowest BCUT2D eigenvalue weighted by Crippen LogP contribution is -2.42. The van der Waals surface area contributed by atoms with Crippen LogP contribution in [-0.4, -0.2) is 43.8 Å².